The van der Waals surface area contributed by atoms with Gasteiger partial charge in [-0.05, 0) is 18.9 Å². The molecule has 1 aromatic rings. The highest BCUT2D eigenvalue weighted by Gasteiger charge is 2.13. The second-order valence-electron chi connectivity index (χ2n) is 4.27. The molecule has 1 rings (SSSR count). The predicted octanol–water partition coefficient (Wildman–Crippen LogP) is 1.07. The lowest BCUT2D eigenvalue weighted by Crippen LogP contribution is -2.40. The van der Waals surface area contributed by atoms with E-state index in [-0.39, 0.29) is 5.91 Å². The fourth-order valence-corrected chi connectivity index (χ4v) is 1.74. The first kappa shape index (κ1) is 15.5. The van der Waals surface area contributed by atoms with Crippen molar-refractivity contribution in [1.29, 1.82) is 0 Å². The summed E-state index contributed by atoms with van der Waals surface area (Å²) in [5.41, 5.74) is 6.73. The molecule has 0 radical (unpaired) electrons. The zero-order valence-electron chi connectivity index (χ0n) is 11.5. The highest BCUT2D eigenvalue weighted by molar-refractivity contribution is 5.81. The lowest BCUT2D eigenvalue weighted by molar-refractivity contribution is -0.122. The zero-order chi connectivity index (χ0) is 14.1. The van der Waals surface area contributed by atoms with Crippen molar-refractivity contribution < 1.29 is 14.3 Å². The molecule has 1 amide bonds. The first-order valence-electron chi connectivity index (χ1n) is 6.33. The summed E-state index contributed by atoms with van der Waals surface area (Å²) in [6, 6.07) is 7.07. The van der Waals surface area contributed by atoms with E-state index in [1.165, 1.54) is 0 Å². The SMILES string of the molecule is COCCCC(N)C(=O)NCc1ccccc1OC. The largest absolute Gasteiger partial charge is 0.496 e. The first-order valence-corrected chi connectivity index (χ1v) is 6.33. The number of para-hydroxylation sites is 1. The van der Waals surface area contributed by atoms with Gasteiger partial charge in [0.1, 0.15) is 5.75 Å². The van der Waals surface area contributed by atoms with Crippen LogP contribution in [0.2, 0.25) is 0 Å². The molecule has 1 unspecified atom stereocenters. The second-order valence-corrected chi connectivity index (χ2v) is 4.27. The third kappa shape index (κ3) is 5.28. The highest BCUT2D eigenvalue weighted by Crippen LogP contribution is 2.16. The monoisotopic (exact) mass is 266 g/mol. The Bertz CT molecular complexity index is 396. The van der Waals surface area contributed by atoms with Crippen LogP contribution < -0.4 is 15.8 Å². The summed E-state index contributed by atoms with van der Waals surface area (Å²) >= 11 is 0. The van der Waals surface area contributed by atoms with Gasteiger partial charge in [-0.25, -0.2) is 0 Å². The lowest BCUT2D eigenvalue weighted by atomic mass is 10.1. The minimum atomic E-state index is -0.496. The number of ether oxygens (including phenoxy) is 2. The highest BCUT2D eigenvalue weighted by atomic mass is 16.5. The molecule has 0 fully saturated rings. The number of methoxy groups -OCH3 is 2. The fourth-order valence-electron chi connectivity index (χ4n) is 1.74. The van der Waals surface area contributed by atoms with E-state index in [4.69, 9.17) is 15.2 Å². The molecule has 0 spiro atoms. The molecule has 1 atom stereocenters. The van der Waals surface area contributed by atoms with E-state index in [1.54, 1.807) is 14.2 Å². The van der Waals surface area contributed by atoms with Gasteiger partial charge in [0, 0.05) is 25.8 Å². The van der Waals surface area contributed by atoms with E-state index in [0.29, 0.717) is 19.6 Å². The number of carbonyl (C=O) groups excluding carboxylic acids is 1. The maximum Gasteiger partial charge on any atom is 0.237 e. The molecule has 0 saturated heterocycles. The fraction of sp³-hybridized carbons (Fsp3) is 0.500. The Morgan fingerprint density at radius 2 is 2.11 bits per heavy atom. The van der Waals surface area contributed by atoms with Crippen molar-refractivity contribution in [3.63, 3.8) is 0 Å². The van der Waals surface area contributed by atoms with Crippen LogP contribution in [0.4, 0.5) is 0 Å². The summed E-state index contributed by atoms with van der Waals surface area (Å²) in [5.74, 6) is 0.609. The lowest BCUT2D eigenvalue weighted by Gasteiger charge is -2.13. The van der Waals surface area contributed by atoms with Crippen LogP contribution in [0.25, 0.3) is 0 Å². The predicted molar refractivity (Wildman–Crippen MR) is 73.9 cm³/mol. The van der Waals surface area contributed by atoms with Crippen molar-refractivity contribution >= 4 is 5.91 Å². The molecule has 106 valence electrons. The molecular formula is C14H22N2O3. The van der Waals surface area contributed by atoms with Gasteiger partial charge in [0.25, 0.3) is 0 Å². The number of carbonyl (C=O) groups is 1. The Hall–Kier alpha value is -1.59. The number of nitrogens with one attached hydrogen (secondary N) is 1. The van der Waals surface area contributed by atoms with Crippen molar-refractivity contribution in [1.82, 2.24) is 5.32 Å². The summed E-state index contributed by atoms with van der Waals surface area (Å²) < 4.78 is 10.1. The van der Waals surface area contributed by atoms with Gasteiger partial charge in [-0.2, -0.15) is 0 Å². The topological polar surface area (TPSA) is 73.6 Å². The van der Waals surface area contributed by atoms with Crippen molar-refractivity contribution in [2.45, 2.75) is 25.4 Å². The molecular weight excluding hydrogens is 244 g/mol. The third-order valence-electron chi connectivity index (χ3n) is 2.85. The summed E-state index contributed by atoms with van der Waals surface area (Å²) in [4.78, 5) is 11.8. The van der Waals surface area contributed by atoms with Gasteiger partial charge in [0.15, 0.2) is 0 Å². The first-order chi connectivity index (χ1) is 9.19. The van der Waals surface area contributed by atoms with Gasteiger partial charge >= 0.3 is 0 Å². The van der Waals surface area contributed by atoms with Crippen LogP contribution in [0.1, 0.15) is 18.4 Å². The standard InChI is InChI=1S/C14H22N2O3/c1-18-9-5-7-12(15)14(17)16-10-11-6-3-4-8-13(11)19-2/h3-4,6,8,12H,5,7,9-10,15H2,1-2H3,(H,16,17). The molecule has 1 aromatic carbocycles. The third-order valence-corrected chi connectivity index (χ3v) is 2.85. The molecule has 0 aliphatic carbocycles. The molecule has 0 aliphatic rings. The quantitative estimate of drug-likeness (QED) is 0.690. The number of benzene rings is 1. The van der Waals surface area contributed by atoms with Crippen LogP contribution in [0.3, 0.4) is 0 Å². The molecule has 0 aromatic heterocycles. The van der Waals surface area contributed by atoms with Gasteiger partial charge in [-0.1, -0.05) is 18.2 Å². The van der Waals surface area contributed by atoms with Crippen LogP contribution in [-0.2, 0) is 16.1 Å². The number of nitrogens with two attached hydrogens (primary N) is 1. The smallest absolute Gasteiger partial charge is 0.237 e. The van der Waals surface area contributed by atoms with E-state index in [1.807, 2.05) is 24.3 Å². The number of amides is 1. The van der Waals surface area contributed by atoms with Gasteiger partial charge in [-0.15, -0.1) is 0 Å². The van der Waals surface area contributed by atoms with Gasteiger partial charge in [-0.3, -0.25) is 4.79 Å². The van der Waals surface area contributed by atoms with Gasteiger partial charge in [0.2, 0.25) is 5.91 Å². The number of hydrogen-bond acceptors (Lipinski definition) is 4. The van der Waals surface area contributed by atoms with Crippen LogP contribution >= 0.6 is 0 Å². The second kappa shape index (κ2) is 8.50. The molecule has 0 heterocycles. The average Bonchev–Trinajstić information content (AvgIpc) is 2.45. The minimum absolute atomic E-state index is 0.151. The Balaban J connectivity index is 2.40. The van der Waals surface area contributed by atoms with Crippen LogP contribution in [0.5, 0.6) is 5.75 Å². The molecule has 19 heavy (non-hydrogen) atoms. The average molecular weight is 266 g/mol. The van der Waals surface area contributed by atoms with Crippen LogP contribution in [0, 0.1) is 0 Å². The Kier molecular flexibility index (Phi) is 6.92. The maximum absolute atomic E-state index is 11.8. The molecule has 0 saturated carbocycles. The Labute approximate surface area is 114 Å². The zero-order valence-corrected chi connectivity index (χ0v) is 11.5. The number of hydrogen-bond donors (Lipinski definition) is 2. The van der Waals surface area contributed by atoms with Gasteiger partial charge < -0.3 is 20.5 Å². The summed E-state index contributed by atoms with van der Waals surface area (Å²) in [6.45, 7) is 1.04. The van der Waals surface area contributed by atoms with Crippen molar-refractivity contribution in [3.8, 4) is 5.75 Å². The molecule has 0 bridgehead atoms. The van der Waals surface area contributed by atoms with Gasteiger partial charge in [0.05, 0.1) is 13.2 Å². The molecule has 5 heteroatoms. The van der Waals surface area contributed by atoms with E-state index in [2.05, 4.69) is 5.32 Å². The summed E-state index contributed by atoms with van der Waals surface area (Å²) in [5, 5.41) is 2.82. The van der Waals surface area contributed by atoms with Crippen LogP contribution in [0.15, 0.2) is 24.3 Å². The Morgan fingerprint density at radius 1 is 1.37 bits per heavy atom. The Morgan fingerprint density at radius 3 is 2.79 bits per heavy atom. The van der Waals surface area contributed by atoms with Crippen molar-refractivity contribution in [2.24, 2.45) is 5.73 Å². The van der Waals surface area contributed by atoms with Crippen LogP contribution in [-0.4, -0.2) is 32.8 Å². The molecule has 0 aliphatic heterocycles. The number of rotatable bonds is 8. The summed E-state index contributed by atoms with van der Waals surface area (Å²) in [7, 11) is 3.24. The van der Waals surface area contributed by atoms with Crippen molar-refractivity contribution in [3.05, 3.63) is 29.8 Å². The minimum Gasteiger partial charge on any atom is -0.496 e. The molecule has 5 nitrogen and oxygen atoms in total. The van der Waals surface area contributed by atoms with E-state index < -0.39 is 6.04 Å². The van der Waals surface area contributed by atoms with E-state index in [0.717, 1.165) is 17.7 Å². The van der Waals surface area contributed by atoms with E-state index >= 15 is 0 Å². The van der Waals surface area contributed by atoms with E-state index in [9.17, 15) is 4.79 Å². The maximum atomic E-state index is 11.8. The normalized spacial score (nSPS) is 11.9. The van der Waals surface area contributed by atoms with Crippen molar-refractivity contribution in [2.75, 3.05) is 20.8 Å². The molecule has 3 N–H and O–H groups in total. The summed E-state index contributed by atoms with van der Waals surface area (Å²) in [6.07, 6.45) is 1.39.